The van der Waals surface area contributed by atoms with Crippen molar-refractivity contribution in [2.24, 2.45) is 5.92 Å². The number of hydrogen-bond donors (Lipinski definition) is 2. The van der Waals surface area contributed by atoms with Crippen molar-refractivity contribution in [3.63, 3.8) is 0 Å². The molecule has 0 aliphatic heterocycles. The summed E-state index contributed by atoms with van der Waals surface area (Å²) in [5.41, 5.74) is 7.25. The molecule has 1 rings (SSSR count). The second-order valence-corrected chi connectivity index (χ2v) is 5.43. The molecule has 3 nitrogen and oxygen atoms in total. The van der Waals surface area contributed by atoms with Gasteiger partial charge in [-0.2, -0.15) is 0 Å². The van der Waals surface area contributed by atoms with E-state index >= 15 is 0 Å². The second-order valence-electron chi connectivity index (χ2n) is 4.44. The second kappa shape index (κ2) is 5.54. The number of ketones is 1. The maximum Gasteiger partial charge on any atom is 0.180 e. The molecule has 0 spiro atoms. The van der Waals surface area contributed by atoms with E-state index in [-0.39, 0.29) is 22.3 Å². The lowest BCUT2D eigenvalue weighted by Crippen LogP contribution is -2.20. The minimum absolute atomic E-state index is 0.0526. The van der Waals surface area contributed by atoms with E-state index in [4.69, 9.17) is 5.73 Å². The van der Waals surface area contributed by atoms with Crippen LogP contribution in [0.5, 0.6) is 5.75 Å². The lowest BCUT2D eigenvalue weighted by Gasteiger charge is -2.15. The third-order valence-electron chi connectivity index (χ3n) is 2.69. The van der Waals surface area contributed by atoms with E-state index in [1.165, 1.54) is 6.07 Å². The fourth-order valence-electron chi connectivity index (χ4n) is 1.63. The summed E-state index contributed by atoms with van der Waals surface area (Å²) in [5, 5.41) is 10.0. The molecule has 4 heteroatoms. The van der Waals surface area contributed by atoms with Gasteiger partial charge in [-0.05, 0) is 30.0 Å². The molecular weight excluding hydrogens is 282 g/mol. The Hall–Kier alpha value is -1.03. The van der Waals surface area contributed by atoms with Crippen LogP contribution >= 0.6 is 15.9 Å². The van der Waals surface area contributed by atoms with Gasteiger partial charge in [-0.1, -0.05) is 36.7 Å². The Bertz CT molecular complexity index is 430. The molecule has 1 atom stereocenters. The highest BCUT2D eigenvalue weighted by Gasteiger charge is 2.24. The Labute approximate surface area is 110 Å². The number of anilines is 1. The number of aryl methyl sites for hydroxylation is 1. The van der Waals surface area contributed by atoms with Crippen LogP contribution in [0.4, 0.5) is 5.69 Å². The van der Waals surface area contributed by atoms with Gasteiger partial charge in [-0.3, -0.25) is 4.79 Å². The number of halogens is 1. The number of phenols is 1. The van der Waals surface area contributed by atoms with E-state index in [1.54, 1.807) is 6.07 Å². The van der Waals surface area contributed by atoms with E-state index < -0.39 is 0 Å². The number of Topliss-reactive ketones (excluding diaryl/α,β-unsaturated/α-hetero) is 1. The normalized spacial score (nSPS) is 12.8. The minimum Gasteiger partial charge on any atom is -0.507 e. The molecule has 0 radical (unpaired) electrons. The lowest BCUT2D eigenvalue weighted by molar-refractivity contribution is 0.0975. The fraction of sp³-hybridized carbons (Fsp3) is 0.462. The van der Waals surface area contributed by atoms with Gasteiger partial charge in [0, 0.05) is 5.69 Å². The summed E-state index contributed by atoms with van der Waals surface area (Å²) in [7, 11) is 0. The number of benzene rings is 1. The van der Waals surface area contributed by atoms with Gasteiger partial charge in [0.2, 0.25) is 0 Å². The Morgan fingerprint density at radius 3 is 2.53 bits per heavy atom. The number of rotatable bonds is 4. The van der Waals surface area contributed by atoms with Gasteiger partial charge in [-0.25, -0.2) is 0 Å². The highest BCUT2D eigenvalue weighted by Crippen LogP contribution is 2.30. The van der Waals surface area contributed by atoms with E-state index in [0.717, 1.165) is 0 Å². The number of phenolic OH excluding ortho intramolecular Hbond substituents is 1. The fourth-order valence-corrected chi connectivity index (χ4v) is 1.87. The van der Waals surface area contributed by atoms with Crippen molar-refractivity contribution in [1.29, 1.82) is 0 Å². The van der Waals surface area contributed by atoms with Crippen LogP contribution < -0.4 is 5.73 Å². The van der Waals surface area contributed by atoms with Crippen LogP contribution in [0.1, 0.15) is 36.7 Å². The largest absolute Gasteiger partial charge is 0.507 e. The number of alkyl halides is 1. The van der Waals surface area contributed by atoms with Gasteiger partial charge >= 0.3 is 0 Å². The van der Waals surface area contributed by atoms with Gasteiger partial charge in [0.25, 0.3) is 0 Å². The standard InChI is InChI=1S/C13H18BrNO2/c1-4-8-5-9(15)6-10(12(8)16)13(17)11(14)7(2)3/h5-7,11,16H,4,15H2,1-3H3. The Kier molecular flexibility index (Phi) is 4.57. The Balaban J connectivity index is 3.22. The summed E-state index contributed by atoms with van der Waals surface area (Å²) >= 11 is 3.35. The average Bonchev–Trinajstić information content (AvgIpc) is 2.29. The number of nitrogen functional groups attached to an aromatic ring is 1. The van der Waals surface area contributed by atoms with Gasteiger partial charge in [-0.15, -0.1) is 0 Å². The van der Waals surface area contributed by atoms with Crippen LogP contribution in [-0.2, 0) is 6.42 Å². The van der Waals surface area contributed by atoms with Crippen molar-refractivity contribution < 1.29 is 9.90 Å². The molecule has 0 aliphatic rings. The maximum absolute atomic E-state index is 12.2. The van der Waals surface area contributed by atoms with Crippen LogP contribution in [0.3, 0.4) is 0 Å². The summed E-state index contributed by atoms with van der Waals surface area (Å²) in [6, 6.07) is 3.23. The van der Waals surface area contributed by atoms with Gasteiger partial charge < -0.3 is 10.8 Å². The maximum atomic E-state index is 12.2. The highest BCUT2D eigenvalue weighted by molar-refractivity contribution is 9.10. The quantitative estimate of drug-likeness (QED) is 0.388. The van der Waals surface area contributed by atoms with Crippen LogP contribution in [0, 0.1) is 5.92 Å². The van der Waals surface area contributed by atoms with Gasteiger partial charge in [0.15, 0.2) is 5.78 Å². The first-order chi connectivity index (χ1) is 7.88. The molecule has 0 saturated carbocycles. The van der Waals surface area contributed by atoms with Gasteiger partial charge in [0.1, 0.15) is 5.75 Å². The number of carbonyl (C=O) groups is 1. The molecule has 3 N–H and O–H groups in total. The summed E-state index contributed by atoms with van der Waals surface area (Å²) in [6.07, 6.45) is 0.645. The Morgan fingerprint density at radius 1 is 1.47 bits per heavy atom. The van der Waals surface area contributed by atoms with E-state index in [1.807, 2.05) is 20.8 Å². The monoisotopic (exact) mass is 299 g/mol. The molecule has 1 aromatic carbocycles. The topological polar surface area (TPSA) is 63.3 Å². The zero-order valence-corrected chi connectivity index (χ0v) is 11.9. The molecule has 0 fully saturated rings. The predicted molar refractivity (Wildman–Crippen MR) is 73.8 cm³/mol. The molecule has 0 aliphatic carbocycles. The zero-order valence-electron chi connectivity index (χ0n) is 10.3. The lowest BCUT2D eigenvalue weighted by atomic mass is 9.97. The summed E-state index contributed by atoms with van der Waals surface area (Å²) in [5.74, 6) is 0.0877. The van der Waals surface area contributed by atoms with Crippen molar-refractivity contribution in [2.45, 2.75) is 32.0 Å². The van der Waals surface area contributed by atoms with E-state index in [9.17, 15) is 9.90 Å². The van der Waals surface area contributed by atoms with Crippen LogP contribution in [0.25, 0.3) is 0 Å². The number of aromatic hydroxyl groups is 1. The zero-order chi connectivity index (χ0) is 13.2. The van der Waals surface area contributed by atoms with Crippen molar-refractivity contribution in [2.75, 3.05) is 5.73 Å². The Morgan fingerprint density at radius 2 is 2.06 bits per heavy atom. The third kappa shape index (κ3) is 3.00. The van der Waals surface area contributed by atoms with E-state index in [2.05, 4.69) is 15.9 Å². The molecule has 1 unspecified atom stereocenters. The van der Waals surface area contributed by atoms with Crippen molar-refractivity contribution in [3.8, 4) is 5.75 Å². The van der Waals surface area contributed by atoms with Crippen molar-refractivity contribution in [3.05, 3.63) is 23.3 Å². The molecule has 0 aromatic heterocycles. The van der Waals surface area contributed by atoms with E-state index in [0.29, 0.717) is 23.2 Å². The first kappa shape index (κ1) is 14.0. The minimum atomic E-state index is -0.306. The highest BCUT2D eigenvalue weighted by atomic mass is 79.9. The van der Waals surface area contributed by atoms with Crippen LogP contribution in [0.15, 0.2) is 12.1 Å². The van der Waals surface area contributed by atoms with Crippen molar-refractivity contribution in [1.82, 2.24) is 0 Å². The molecule has 0 amide bonds. The SMILES string of the molecule is CCc1cc(N)cc(C(=O)C(Br)C(C)C)c1O. The number of nitrogens with two attached hydrogens (primary N) is 1. The molecule has 1 aromatic rings. The van der Waals surface area contributed by atoms with Crippen LogP contribution in [-0.4, -0.2) is 15.7 Å². The summed E-state index contributed by atoms with van der Waals surface area (Å²) < 4.78 is 0. The smallest absolute Gasteiger partial charge is 0.180 e. The summed E-state index contributed by atoms with van der Waals surface area (Å²) in [6.45, 7) is 5.81. The molecule has 0 heterocycles. The third-order valence-corrected chi connectivity index (χ3v) is 4.17. The van der Waals surface area contributed by atoms with Crippen molar-refractivity contribution >= 4 is 27.4 Å². The molecule has 0 saturated heterocycles. The number of carbonyl (C=O) groups excluding carboxylic acids is 1. The number of hydrogen-bond acceptors (Lipinski definition) is 3. The first-order valence-corrected chi connectivity index (χ1v) is 6.59. The van der Waals surface area contributed by atoms with Crippen LogP contribution in [0.2, 0.25) is 0 Å². The molecule has 0 bridgehead atoms. The average molecular weight is 300 g/mol. The first-order valence-electron chi connectivity index (χ1n) is 5.68. The predicted octanol–water partition coefficient (Wildman–Crippen LogP) is 3.14. The molecule has 17 heavy (non-hydrogen) atoms. The molecular formula is C13H18BrNO2. The summed E-state index contributed by atoms with van der Waals surface area (Å²) in [4.78, 5) is 11.9. The molecule has 94 valence electrons. The van der Waals surface area contributed by atoms with Gasteiger partial charge in [0.05, 0.1) is 10.4 Å².